The zero-order valence-corrected chi connectivity index (χ0v) is 18.5. The zero-order chi connectivity index (χ0) is 23.8. The molecule has 0 atom stereocenters. The summed E-state index contributed by atoms with van der Waals surface area (Å²) in [7, 11) is 1.50. The Morgan fingerprint density at radius 2 is 1.64 bits per heavy atom. The Morgan fingerprint density at radius 3 is 2.30 bits per heavy atom. The number of para-hydroxylation sites is 2. The van der Waals surface area contributed by atoms with Gasteiger partial charge < -0.3 is 14.8 Å². The van der Waals surface area contributed by atoms with Crippen LogP contribution < -0.4 is 20.2 Å². The Balaban J connectivity index is 1.68. The van der Waals surface area contributed by atoms with Crippen molar-refractivity contribution in [3.63, 3.8) is 0 Å². The second-order valence-corrected chi connectivity index (χ2v) is 7.21. The van der Waals surface area contributed by atoms with E-state index in [0.717, 1.165) is 16.7 Å². The maximum atomic E-state index is 13.1. The van der Waals surface area contributed by atoms with Gasteiger partial charge in [0, 0.05) is 11.3 Å². The third-order valence-corrected chi connectivity index (χ3v) is 4.82. The van der Waals surface area contributed by atoms with Gasteiger partial charge in [-0.25, -0.2) is 9.82 Å². The van der Waals surface area contributed by atoms with E-state index in [1.807, 2.05) is 32.0 Å². The molecular formula is C25H24FN3O4. The molecule has 0 spiro atoms. The van der Waals surface area contributed by atoms with Crippen molar-refractivity contribution in [2.45, 2.75) is 20.5 Å². The molecule has 0 fully saturated rings. The lowest BCUT2D eigenvalue weighted by molar-refractivity contribution is -0.136. The molecule has 0 radical (unpaired) electrons. The fourth-order valence-electron chi connectivity index (χ4n) is 3.08. The van der Waals surface area contributed by atoms with Crippen LogP contribution in [0.2, 0.25) is 0 Å². The monoisotopic (exact) mass is 449 g/mol. The number of hydrazone groups is 1. The van der Waals surface area contributed by atoms with Crippen molar-refractivity contribution in [2.75, 3.05) is 12.4 Å². The second-order valence-electron chi connectivity index (χ2n) is 7.21. The van der Waals surface area contributed by atoms with Gasteiger partial charge in [-0.1, -0.05) is 36.4 Å². The maximum Gasteiger partial charge on any atom is 0.329 e. The van der Waals surface area contributed by atoms with Gasteiger partial charge >= 0.3 is 11.8 Å². The van der Waals surface area contributed by atoms with E-state index in [1.54, 1.807) is 30.3 Å². The maximum absolute atomic E-state index is 13.1. The van der Waals surface area contributed by atoms with Crippen LogP contribution in [-0.4, -0.2) is 25.1 Å². The molecular weight excluding hydrogens is 425 g/mol. The Bertz CT molecular complexity index is 1160. The minimum atomic E-state index is -0.912. The first-order valence-corrected chi connectivity index (χ1v) is 10.1. The van der Waals surface area contributed by atoms with E-state index in [4.69, 9.17) is 9.47 Å². The van der Waals surface area contributed by atoms with Gasteiger partial charge in [0.2, 0.25) is 0 Å². The number of anilines is 1. The third kappa shape index (κ3) is 6.16. The predicted octanol–water partition coefficient (Wildman–Crippen LogP) is 4.12. The summed E-state index contributed by atoms with van der Waals surface area (Å²) in [5.41, 5.74) is 5.78. The van der Waals surface area contributed by atoms with Gasteiger partial charge in [0.15, 0.2) is 11.5 Å². The van der Waals surface area contributed by atoms with Crippen LogP contribution in [0, 0.1) is 19.7 Å². The van der Waals surface area contributed by atoms with Gasteiger partial charge in [-0.15, -0.1) is 0 Å². The standard InChI is InChI=1S/C25H24FN3O4/c1-16-6-4-7-17(2)22(16)28-24(30)25(31)29-27-14-19-8-5-9-21(32-3)23(19)33-15-18-10-12-20(26)13-11-18/h4-14H,15H2,1-3H3,(H,28,30)(H,29,31)/b27-14-. The quantitative estimate of drug-likeness (QED) is 0.323. The highest BCUT2D eigenvalue weighted by Crippen LogP contribution is 2.30. The zero-order valence-electron chi connectivity index (χ0n) is 18.5. The van der Waals surface area contributed by atoms with Crippen molar-refractivity contribution in [1.82, 2.24) is 5.43 Å². The van der Waals surface area contributed by atoms with Gasteiger partial charge in [0.05, 0.1) is 13.3 Å². The van der Waals surface area contributed by atoms with Crippen LogP contribution in [0.4, 0.5) is 10.1 Å². The average molecular weight is 449 g/mol. The molecule has 0 heterocycles. The number of halogens is 1. The molecule has 7 nitrogen and oxygen atoms in total. The summed E-state index contributed by atoms with van der Waals surface area (Å²) >= 11 is 0. The molecule has 0 saturated carbocycles. The van der Waals surface area contributed by atoms with Crippen molar-refractivity contribution in [2.24, 2.45) is 5.10 Å². The van der Waals surface area contributed by atoms with Gasteiger partial charge in [-0.05, 0) is 54.8 Å². The molecule has 0 aliphatic heterocycles. The van der Waals surface area contributed by atoms with Crippen LogP contribution in [0.15, 0.2) is 65.8 Å². The molecule has 8 heteroatoms. The lowest BCUT2D eigenvalue weighted by Gasteiger charge is -2.13. The number of rotatable bonds is 7. The van der Waals surface area contributed by atoms with Gasteiger partial charge in [0.25, 0.3) is 0 Å². The average Bonchev–Trinajstić information content (AvgIpc) is 2.81. The summed E-state index contributed by atoms with van der Waals surface area (Å²) in [5, 5.41) is 6.48. The van der Waals surface area contributed by atoms with Crippen LogP contribution in [-0.2, 0) is 16.2 Å². The van der Waals surface area contributed by atoms with Crippen LogP contribution in [0.3, 0.4) is 0 Å². The molecule has 33 heavy (non-hydrogen) atoms. The van der Waals surface area contributed by atoms with E-state index < -0.39 is 11.8 Å². The lowest BCUT2D eigenvalue weighted by atomic mass is 10.1. The molecule has 0 aromatic heterocycles. The number of benzene rings is 3. The van der Waals surface area contributed by atoms with Gasteiger partial charge in [-0.3, -0.25) is 9.59 Å². The SMILES string of the molecule is COc1cccc(/C=N\NC(=O)C(=O)Nc2c(C)cccc2C)c1OCc1ccc(F)cc1. The number of aryl methyl sites for hydroxylation is 2. The van der Waals surface area contributed by atoms with Gasteiger partial charge in [-0.2, -0.15) is 5.10 Å². The van der Waals surface area contributed by atoms with E-state index in [-0.39, 0.29) is 12.4 Å². The number of carbonyl (C=O) groups excluding carboxylic acids is 2. The number of nitrogens with one attached hydrogen (secondary N) is 2. The summed E-state index contributed by atoms with van der Waals surface area (Å²) in [6.45, 7) is 3.86. The number of carbonyl (C=O) groups is 2. The molecule has 0 aliphatic rings. The smallest absolute Gasteiger partial charge is 0.329 e. The normalized spacial score (nSPS) is 10.7. The summed E-state index contributed by atoms with van der Waals surface area (Å²) in [4.78, 5) is 24.4. The van der Waals surface area contributed by atoms with E-state index in [9.17, 15) is 14.0 Å². The predicted molar refractivity (Wildman–Crippen MR) is 124 cm³/mol. The highest BCUT2D eigenvalue weighted by Gasteiger charge is 2.15. The Morgan fingerprint density at radius 1 is 0.970 bits per heavy atom. The largest absolute Gasteiger partial charge is 0.493 e. The number of methoxy groups -OCH3 is 1. The van der Waals surface area contributed by atoms with E-state index in [1.165, 1.54) is 25.5 Å². The van der Waals surface area contributed by atoms with E-state index >= 15 is 0 Å². The summed E-state index contributed by atoms with van der Waals surface area (Å²) in [5.74, 6) is -1.22. The van der Waals surface area contributed by atoms with Crippen LogP contribution in [0.1, 0.15) is 22.3 Å². The van der Waals surface area contributed by atoms with E-state index in [2.05, 4.69) is 15.8 Å². The molecule has 170 valence electrons. The molecule has 2 amide bonds. The van der Waals surface area contributed by atoms with Crippen molar-refractivity contribution < 1.29 is 23.5 Å². The summed E-state index contributed by atoms with van der Waals surface area (Å²) in [6.07, 6.45) is 1.35. The highest BCUT2D eigenvalue weighted by molar-refractivity contribution is 6.39. The Labute approximate surface area is 191 Å². The van der Waals surface area contributed by atoms with Crippen LogP contribution in [0.25, 0.3) is 0 Å². The fraction of sp³-hybridized carbons (Fsp3) is 0.160. The van der Waals surface area contributed by atoms with Crippen LogP contribution >= 0.6 is 0 Å². The Kier molecular flexibility index (Phi) is 7.75. The van der Waals surface area contributed by atoms with E-state index in [0.29, 0.717) is 22.7 Å². The molecule has 0 bridgehead atoms. The Hall–Kier alpha value is -4.20. The molecule has 3 rings (SSSR count). The summed E-state index contributed by atoms with van der Waals surface area (Å²) in [6, 6.07) is 16.7. The number of hydrogen-bond donors (Lipinski definition) is 2. The molecule has 0 aliphatic carbocycles. The van der Waals surface area contributed by atoms with Crippen molar-refractivity contribution in [3.05, 3.63) is 88.7 Å². The number of nitrogens with zero attached hydrogens (tertiary/aromatic N) is 1. The minimum Gasteiger partial charge on any atom is -0.493 e. The molecule has 3 aromatic rings. The number of amides is 2. The van der Waals surface area contributed by atoms with Crippen molar-refractivity contribution in [3.8, 4) is 11.5 Å². The summed E-state index contributed by atoms with van der Waals surface area (Å²) < 4.78 is 24.3. The van der Waals surface area contributed by atoms with Crippen molar-refractivity contribution in [1.29, 1.82) is 0 Å². The first-order chi connectivity index (χ1) is 15.9. The first kappa shape index (κ1) is 23.5. The minimum absolute atomic E-state index is 0.173. The topological polar surface area (TPSA) is 89.0 Å². The molecule has 0 saturated heterocycles. The number of hydrogen-bond acceptors (Lipinski definition) is 5. The molecule has 3 aromatic carbocycles. The third-order valence-electron chi connectivity index (χ3n) is 4.82. The molecule has 2 N–H and O–H groups in total. The van der Waals surface area contributed by atoms with Crippen LogP contribution in [0.5, 0.6) is 11.5 Å². The second kappa shape index (κ2) is 10.9. The first-order valence-electron chi connectivity index (χ1n) is 10.1. The fourth-order valence-corrected chi connectivity index (χ4v) is 3.08. The van der Waals surface area contributed by atoms with Crippen molar-refractivity contribution >= 4 is 23.7 Å². The highest BCUT2D eigenvalue weighted by atomic mass is 19.1. The molecule has 0 unspecified atom stereocenters. The lowest BCUT2D eigenvalue weighted by Crippen LogP contribution is -2.32. The van der Waals surface area contributed by atoms with Gasteiger partial charge in [0.1, 0.15) is 12.4 Å². The number of ether oxygens (including phenoxy) is 2.